The van der Waals surface area contributed by atoms with E-state index in [1.54, 1.807) is 18.2 Å². The monoisotopic (exact) mass is 362 g/mol. The molecule has 0 bridgehead atoms. The lowest BCUT2D eigenvalue weighted by molar-refractivity contribution is -0.193. The van der Waals surface area contributed by atoms with E-state index in [1.165, 1.54) is 0 Å². The Bertz CT molecular complexity index is 876. The third-order valence-electron chi connectivity index (χ3n) is 5.09. The number of amidine groups is 1. The molecule has 1 saturated heterocycles. The SMILES string of the molecule is C[C@H]1CO[C@@]2(N=C(N)[C@@]3(C#N)[C@@H](c4cccc(Cl)c4Cl)[C@@]23C#N)O1. The summed E-state index contributed by atoms with van der Waals surface area (Å²) in [5.74, 6) is -2.19. The number of nitrogens with zero attached hydrogens (tertiary/aromatic N) is 3. The Balaban J connectivity index is 1.96. The molecule has 1 spiro atoms. The lowest BCUT2D eigenvalue weighted by Gasteiger charge is -2.26. The van der Waals surface area contributed by atoms with Gasteiger partial charge >= 0.3 is 0 Å². The summed E-state index contributed by atoms with van der Waals surface area (Å²) in [4.78, 5) is 4.24. The van der Waals surface area contributed by atoms with E-state index >= 15 is 0 Å². The molecule has 1 aromatic carbocycles. The lowest BCUT2D eigenvalue weighted by atomic mass is 9.94. The van der Waals surface area contributed by atoms with Crippen LogP contribution in [0.2, 0.25) is 10.0 Å². The second-order valence-corrected chi connectivity index (χ2v) is 7.02. The number of rotatable bonds is 1. The van der Waals surface area contributed by atoms with Crippen molar-refractivity contribution in [2.45, 2.75) is 24.9 Å². The van der Waals surface area contributed by atoms with E-state index in [4.69, 9.17) is 38.4 Å². The van der Waals surface area contributed by atoms with Gasteiger partial charge in [0.1, 0.15) is 11.3 Å². The van der Waals surface area contributed by atoms with Crippen LogP contribution in [0.3, 0.4) is 0 Å². The van der Waals surface area contributed by atoms with Crippen LogP contribution in [-0.4, -0.2) is 24.5 Å². The molecular weight excluding hydrogens is 351 g/mol. The Kier molecular flexibility index (Phi) is 3.02. The highest BCUT2D eigenvalue weighted by Gasteiger charge is 2.94. The maximum Gasteiger partial charge on any atom is 0.293 e. The third-order valence-corrected chi connectivity index (χ3v) is 5.93. The number of hydrogen-bond acceptors (Lipinski definition) is 6. The molecule has 1 saturated carbocycles. The second kappa shape index (κ2) is 4.62. The van der Waals surface area contributed by atoms with Crippen LogP contribution in [0.5, 0.6) is 0 Å². The average molecular weight is 363 g/mol. The Morgan fingerprint density at radius 1 is 1.33 bits per heavy atom. The number of fused-ring (bicyclic) bond motifs is 2. The van der Waals surface area contributed by atoms with Crippen molar-refractivity contribution < 1.29 is 9.47 Å². The normalized spacial score (nSPS) is 42.3. The van der Waals surface area contributed by atoms with Gasteiger partial charge in [0.2, 0.25) is 0 Å². The Morgan fingerprint density at radius 2 is 2.08 bits per heavy atom. The van der Waals surface area contributed by atoms with E-state index in [0.717, 1.165) is 0 Å². The van der Waals surface area contributed by atoms with E-state index < -0.39 is 22.7 Å². The molecule has 24 heavy (non-hydrogen) atoms. The maximum atomic E-state index is 10.0. The van der Waals surface area contributed by atoms with Gasteiger partial charge < -0.3 is 15.2 Å². The zero-order chi connectivity index (χ0) is 17.3. The highest BCUT2D eigenvalue weighted by Crippen LogP contribution is 2.83. The van der Waals surface area contributed by atoms with Crippen molar-refractivity contribution in [3.63, 3.8) is 0 Å². The quantitative estimate of drug-likeness (QED) is 0.826. The first kappa shape index (κ1) is 15.7. The van der Waals surface area contributed by atoms with Gasteiger partial charge in [-0.05, 0) is 18.6 Å². The van der Waals surface area contributed by atoms with Crippen LogP contribution in [0.1, 0.15) is 18.4 Å². The van der Waals surface area contributed by atoms with Crippen LogP contribution in [-0.2, 0) is 9.47 Å². The first-order valence-corrected chi connectivity index (χ1v) is 8.10. The molecule has 2 fully saturated rings. The topological polar surface area (TPSA) is 104 Å². The largest absolute Gasteiger partial charge is 0.386 e. The molecule has 122 valence electrons. The number of halogens is 2. The zero-order valence-corrected chi connectivity index (χ0v) is 14.1. The molecule has 6 nitrogen and oxygen atoms in total. The average Bonchev–Trinajstić information content (AvgIpc) is 2.93. The highest BCUT2D eigenvalue weighted by atomic mass is 35.5. The van der Waals surface area contributed by atoms with Gasteiger partial charge in [0, 0.05) is 5.92 Å². The molecule has 3 aliphatic rings. The number of hydrogen-bond donors (Lipinski definition) is 1. The Labute approximate surface area is 148 Å². The predicted octanol–water partition coefficient (Wildman–Crippen LogP) is 2.57. The summed E-state index contributed by atoms with van der Waals surface area (Å²) in [6.45, 7) is 2.07. The standard InChI is InChI=1S/C16H12Cl2N4O2/c1-8-5-23-16(24-8)15(7-20)12(14(15,6-19)13(21)22-16)9-3-2-4-10(17)11(9)18/h2-4,8,12H,5H2,1H3,(H2,21,22)/t8-,12+,14+,15+,16+/m0/s1. The van der Waals surface area contributed by atoms with E-state index in [9.17, 15) is 10.5 Å². The fourth-order valence-corrected chi connectivity index (χ4v) is 4.49. The highest BCUT2D eigenvalue weighted by molar-refractivity contribution is 6.42. The molecule has 2 heterocycles. The van der Waals surface area contributed by atoms with E-state index in [2.05, 4.69) is 17.1 Å². The van der Waals surface area contributed by atoms with Crippen LogP contribution >= 0.6 is 23.2 Å². The summed E-state index contributed by atoms with van der Waals surface area (Å²) in [5, 5.41) is 20.5. The molecule has 2 N–H and O–H groups in total. The molecule has 1 aromatic rings. The second-order valence-electron chi connectivity index (χ2n) is 6.23. The van der Waals surface area contributed by atoms with Gasteiger partial charge in [0.15, 0.2) is 5.41 Å². The van der Waals surface area contributed by atoms with Crippen molar-refractivity contribution in [3.05, 3.63) is 33.8 Å². The van der Waals surface area contributed by atoms with Gasteiger partial charge in [-0.15, -0.1) is 0 Å². The van der Waals surface area contributed by atoms with Crippen LogP contribution in [0.15, 0.2) is 23.2 Å². The van der Waals surface area contributed by atoms with Crippen molar-refractivity contribution >= 4 is 29.0 Å². The van der Waals surface area contributed by atoms with Crippen molar-refractivity contribution in [1.29, 1.82) is 10.5 Å². The first-order valence-electron chi connectivity index (χ1n) is 7.34. The number of benzene rings is 1. The minimum atomic E-state index is -1.59. The van der Waals surface area contributed by atoms with Crippen molar-refractivity contribution in [3.8, 4) is 12.1 Å². The van der Waals surface area contributed by atoms with Crippen LogP contribution in [0, 0.1) is 33.5 Å². The molecule has 5 atom stereocenters. The molecule has 0 aromatic heterocycles. The number of nitrogens with two attached hydrogens (primary N) is 1. The smallest absolute Gasteiger partial charge is 0.293 e. The van der Waals surface area contributed by atoms with Crippen molar-refractivity contribution in [1.82, 2.24) is 0 Å². The fraction of sp³-hybridized carbons (Fsp3) is 0.438. The molecule has 1 aliphatic carbocycles. The van der Waals surface area contributed by atoms with Gasteiger partial charge in [0.05, 0.1) is 34.9 Å². The van der Waals surface area contributed by atoms with E-state index in [1.807, 2.05) is 6.92 Å². The zero-order valence-electron chi connectivity index (χ0n) is 12.6. The molecule has 0 amide bonds. The van der Waals surface area contributed by atoms with Gasteiger partial charge in [-0.25, -0.2) is 4.99 Å². The van der Waals surface area contributed by atoms with Crippen LogP contribution in [0.25, 0.3) is 0 Å². The fourth-order valence-electron chi connectivity index (χ4n) is 4.07. The first-order chi connectivity index (χ1) is 11.4. The predicted molar refractivity (Wildman–Crippen MR) is 86.1 cm³/mol. The molecule has 2 aliphatic heterocycles. The third kappa shape index (κ3) is 1.42. The Morgan fingerprint density at radius 3 is 2.67 bits per heavy atom. The molecule has 0 radical (unpaired) electrons. The number of aliphatic imine (C=N–C) groups is 1. The molecule has 4 rings (SSSR count). The minimum Gasteiger partial charge on any atom is -0.386 e. The van der Waals surface area contributed by atoms with Gasteiger partial charge in [0.25, 0.3) is 5.91 Å². The van der Waals surface area contributed by atoms with Gasteiger partial charge in [-0.3, -0.25) is 0 Å². The summed E-state index contributed by atoms with van der Waals surface area (Å²) in [6.07, 6.45) is -0.266. The van der Waals surface area contributed by atoms with E-state index in [0.29, 0.717) is 10.6 Å². The summed E-state index contributed by atoms with van der Waals surface area (Å²) in [7, 11) is 0. The van der Waals surface area contributed by atoms with E-state index in [-0.39, 0.29) is 23.6 Å². The molecular formula is C16H12Cl2N4O2. The van der Waals surface area contributed by atoms with Crippen LogP contribution in [0.4, 0.5) is 0 Å². The Hall–Kier alpha value is -1.83. The van der Waals surface area contributed by atoms with Gasteiger partial charge in [-0.1, -0.05) is 35.3 Å². The summed E-state index contributed by atoms with van der Waals surface area (Å²) in [6, 6.07) is 9.48. The van der Waals surface area contributed by atoms with Crippen LogP contribution < -0.4 is 5.73 Å². The number of nitriles is 2. The summed E-state index contributed by atoms with van der Waals surface area (Å²) < 4.78 is 11.6. The van der Waals surface area contributed by atoms with Gasteiger partial charge in [-0.2, -0.15) is 10.5 Å². The molecule has 8 heteroatoms. The summed E-state index contributed by atoms with van der Waals surface area (Å²) >= 11 is 12.4. The lowest BCUT2D eigenvalue weighted by Crippen LogP contribution is -2.39. The van der Waals surface area contributed by atoms with Crippen molar-refractivity contribution in [2.75, 3.05) is 6.61 Å². The summed E-state index contributed by atoms with van der Waals surface area (Å²) in [5.41, 5.74) is 3.91. The van der Waals surface area contributed by atoms with Crippen molar-refractivity contribution in [2.24, 2.45) is 21.6 Å². The number of ether oxygens (including phenoxy) is 2. The molecule has 0 unspecified atom stereocenters. The maximum absolute atomic E-state index is 10.0. The minimum absolute atomic E-state index is 0.0293.